The molecule has 0 radical (unpaired) electrons. The van der Waals surface area contributed by atoms with Crippen molar-refractivity contribution in [3.63, 3.8) is 0 Å². The fourth-order valence-corrected chi connectivity index (χ4v) is 1.11. The molecule has 0 aliphatic carbocycles. The van der Waals surface area contributed by atoms with Crippen LogP contribution in [0.25, 0.3) is 0 Å². The number of anilines is 1. The summed E-state index contributed by atoms with van der Waals surface area (Å²) < 4.78 is 4.98. The molecule has 0 fully saturated rings. The lowest BCUT2D eigenvalue weighted by Crippen LogP contribution is -2.30. The Kier molecular flexibility index (Phi) is 3.26. The van der Waals surface area contributed by atoms with Crippen molar-refractivity contribution in [2.24, 2.45) is 5.73 Å². The van der Waals surface area contributed by atoms with E-state index in [4.69, 9.17) is 28.0 Å². The smallest absolute Gasteiger partial charge is 0.191 e. The normalized spacial score (nSPS) is 8.86. The van der Waals surface area contributed by atoms with E-state index in [0.29, 0.717) is 5.69 Å². The van der Waals surface area contributed by atoms with Crippen LogP contribution in [0, 0.1) is 11.5 Å². The molecule has 1 aromatic carbocycles. The molecular formula is C9H9N3OS. The van der Waals surface area contributed by atoms with Crippen molar-refractivity contribution in [2.45, 2.75) is 0 Å². The maximum Gasteiger partial charge on any atom is 0.191 e. The van der Waals surface area contributed by atoms with E-state index >= 15 is 0 Å². The van der Waals surface area contributed by atoms with Crippen LogP contribution in [-0.4, -0.2) is 12.2 Å². The van der Waals surface area contributed by atoms with Crippen LogP contribution in [0.4, 0.5) is 5.69 Å². The number of thiocarbonyl (C=S) groups is 1. The number of hydrogen-bond acceptors (Lipinski definition) is 3. The van der Waals surface area contributed by atoms with Crippen molar-refractivity contribution in [3.8, 4) is 11.9 Å². The fourth-order valence-electron chi connectivity index (χ4n) is 0.966. The number of nitrogens with two attached hydrogens (primary N) is 1. The van der Waals surface area contributed by atoms with Gasteiger partial charge >= 0.3 is 0 Å². The van der Waals surface area contributed by atoms with Crippen LogP contribution in [0.15, 0.2) is 24.3 Å². The van der Waals surface area contributed by atoms with Gasteiger partial charge in [-0.25, -0.2) is 4.90 Å². The molecule has 0 heterocycles. The van der Waals surface area contributed by atoms with E-state index in [1.54, 1.807) is 31.4 Å². The SMILES string of the molecule is COc1ccc(N(C#N)C(N)=S)cc1. The Labute approximate surface area is 87.5 Å². The van der Waals surface area contributed by atoms with Crippen molar-refractivity contribution in [3.05, 3.63) is 24.3 Å². The van der Waals surface area contributed by atoms with Crippen LogP contribution in [0.1, 0.15) is 0 Å². The molecule has 0 saturated heterocycles. The lowest BCUT2D eigenvalue weighted by molar-refractivity contribution is 0.415. The van der Waals surface area contributed by atoms with Crippen LogP contribution < -0.4 is 15.4 Å². The molecule has 2 N–H and O–H groups in total. The average molecular weight is 207 g/mol. The minimum atomic E-state index is 0.0256. The molecule has 4 nitrogen and oxygen atoms in total. The standard InChI is InChI=1S/C9H9N3OS/c1-13-8-4-2-7(3-5-8)12(6-10)9(11)14/h2-5H,1H3,(H2,11,14). The molecule has 0 spiro atoms. The lowest BCUT2D eigenvalue weighted by atomic mass is 10.3. The van der Waals surface area contributed by atoms with Crippen LogP contribution in [-0.2, 0) is 0 Å². The van der Waals surface area contributed by atoms with Gasteiger partial charge in [-0.1, -0.05) is 0 Å². The van der Waals surface area contributed by atoms with Gasteiger partial charge in [0.25, 0.3) is 0 Å². The summed E-state index contributed by atoms with van der Waals surface area (Å²) in [6.07, 6.45) is 1.88. The Morgan fingerprint density at radius 2 is 2.07 bits per heavy atom. The molecule has 0 unspecified atom stereocenters. The molecule has 0 bridgehead atoms. The number of nitrogens with zero attached hydrogens (tertiary/aromatic N) is 2. The summed E-state index contributed by atoms with van der Waals surface area (Å²) in [4.78, 5) is 1.16. The molecule has 72 valence electrons. The van der Waals surface area contributed by atoms with Gasteiger partial charge in [0.2, 0.25) is 0 Å². The Bertz CT molecular complexity index is 369. The van der Waals surface area contributed by atoms with Gasteiger partial charge in [0.15, 0.2) is 11.3 Å². The average Bonchev–Trinajstić information content (AvgIpc) is 2.19. The van der Waals surface area contributed by atoms with Gasteiger partial charge in [-0.05, 0) is 36.5 Å². The summed E-state index contributed by atoms with van der Waals surface area (Å²) in [5.74, 6) is 0.717. The molecule has 0 aliphatic heterocycles. The first kappa shape index (κ1) is 10.3. The predicted molar refractivity (Wildman–Crippen MR) is 57.9 cm³/mol. The first-order valence-electron chi connectivity index (χ1n) is 3.82. The highest BCUT2D eigenvalue weighted by molar-refractivity contribution is 7.80. The van der Waals surface area contributed by atoms with Gasteiger partial charge < -0.3 is 10.5 Å². The zero-order chi connectivity index (χ0) is 10.6. The molecule has 1 aromatic rings. The summed E-state index contributed by atoms with van der Waals surface area (Å²) >= 11 is 4.71. The quantitative estimate of drug-likeness (QED) is 0.449. The first-order chi connectivity index (χ1) is 6.69. The Morgan fingerprint density at radius 3 is 2.43 bits per heavy atom. The van der Waals surface area contributed by atoms with Crippen LogP contribution in [0.3, 0.4) is 0 Å². The minimum absolute atomic E-state index is 0.0256. The maximum atomic E-state index is 8.75. The van der Waals surface area contributed by atoms with Gasteiger partial charge in [-0.15, -0.1) is 0 Å². The lowest BCUT2D eigenvalue weighted by Gasteiger charge is -2.12. The van der Waals surface area contributed by atoms with Crippen molar-refractivity contribution in [2.75, 3.05) is 12.0 Å². The summed E-state index contributed by atoms with van der Waals surface area (Å²) in [7, 11) is 1.57. The molecule has 0 saturated carbocycles. The second-order valence-corrected chi connectivity index (χ2v) is 2.89. The highest BCUT2D eigenvalue weighted by Crippen LogP contribution is 2.18. The monoisotopic (exact) mass is 207 g/mol. The number of nitriles is 1. The van der Waals surface area contributed by atoms with Gasteiger partial charge in [0, 0.05) is 0 Å². The largest absolute Gasteiger partial charge is 0.497 e. The van der Waals surface area contributed by atoms with Crippen LogP contribution in [0.5, 0.6) is 5.75 Å². The summed E-state index contributed by atoms with van der Waals surface area (Å²) in [6, 6.07) is 6.89. The number of ether oxygens (including phenoxy) is 1. The topological polar surface area (TPSA) is 62.3 Å². The van der Waals surface area contributed by atoms with Crippen LogP contribution in [0.2, 0.25) is 0 Å². The third-order valence-electron chi connectivity index (χ3n) is 1.65. The van der Waals surface area contributed by atoms with E-state index in [0.717, 1.165) is 10.6 Å². The van der Waals surface area contributed by atoms with E-state index < -0.39 is 0 Å². The van der Waals surface area contributed by atoms with E-state index in [1.165, 1.54) is 0 Å². The Hall–Kier alpha value is -1.80. The molecule has 1 rings (SSSR count). The summed E-state index contributed by atoms with van der Waals surface area (Å²) in [6.45, 7) is 0. The molecule has 0 amide bonds. The van der Waals surface area contributed by atoms with Crippen molar-refractivity contribution in [1.29, 1.82) is 5.26 Å². The van der Waals surface area contributed by atoms with Gasteiger partial charge in [0.05, 0.1) is 12.8 Å². The zero-order valence-corrected chi connectivity index (χ0v) is 8.41. The summed E-state index contributed by atoms with van der Waals surface area (Å²) in [5, 5.41) is 8.78. The number of methoxy groups -OCH3 is 1. The molecule has 5 heteroatoms. The predicted octanol–water partition coefficient (Wildman–Crippen LogP) is 1.23. The van der Waals surface area contributed by atoms with E-state index in [9.17, 15) is 0 Å². The highest BCUT2D eigenvalue weighted by Gasteiger charge is 2.07. The first-order valence-corrected chi connectivity index (χ1v) is 4.23. The molecular weight excluding hydrogens is 198 g/mol. The van der Waals surface area contributed by atoms with Crippen molar-refractivity contribution < 1.29 is 4.74 Å². The summed E-state index contributed by atoms with van der Waals surface area (Å²) in [5.41, 5.74) is 5.98. The molecule has 0 aliphatic rings. The fraction of sp³-hybridized carbons (Fsp3) is 0.111. The zero-order valence-electron chi connectivity index (χ0n) is 7.60. The highest BCUT2D eigenvalue weighted by atomic mass is 32.1. The third-order valence-corrected chi connectivity index (χ3v) is 1.83. The Morgan fingerprint density at radius 1 is 1.50 bits per heavy atom. The molecule has 0 aromatic heterocycles. The van der Waals surface area contributed by atoms with Gasteiger partial charge in [-0.2, -0.15) is 5.26 Å². The van der Waals surface area contributed by atoms with E-state index in [1.807, 2.05) is 6.19 Å². The second-order valence-electron chi connectivity index (χ2n) is 2.47. The minimum Gasteiger partial charge on any atom is -0.497 e. The maximum absolute atomic E-state index is 8.75. The molecule has 0 atom stereocenters. The van der Waals surface area contributed by atoms with Crippen molar-refractivity contribution in [1.82, 2.24) is 0 Å². The van der Waals surface area contributed by atoms with Gasteiger partial charge in [0.1, 0.15) is 5.75 Å². The van der Waals surface area contributed by atoms with Crippen LogP contribution >= 0.6 is 12.2 Å². The number of benzene rings is 1. The van der Waals surface area contributed by atoms with Crippen molar-refractivity contribution >= 4 is 23.0 Å². The van der Waals surface area contributed by atoms with Gasteiger partial charge in [-0.3, -0.25) is 0 Å². The Balaban J connectivity index is 2.96. The number of hydrogen-bond donors (Lipinski definition) is 1. The number of rotatable bonds is 2. The second kappa shape index (κ2) is 4.44. The molecule has 14 heavy (non-hydrogen) atoms. The third kappa shape index (κ3) is 2.12. The van der Waals surface area contributed by atoms with E-state index in [-0.39, 0.29) is 5.11 Å². The van der Waals surface area contributed by atoms with E-state index in [2.05, 4.69) is 0 Å².